The highest BCUT2D eigenvalue weighted by Crippen LogP contribution is 2.20. The van der Waals surface area contributed by atoms with Crippen LogP contribution in [-0.2, 0) is 6.54 Å². The summed E-state index contributed by atoms with van der Waals surface area (Å²) < 4.78 is 0. The summed E-state index contributed by atoms with van der Waals surface area (Å²) in [4.78, 5) is 32.7. The Morgan fingerprint density at radius 3 is 2.52 bits per heavy atom. The van der Waals surface area contributed by atoms with Crippen LogP contribution in [0.2, 0.25) is 5.02 Å². The number of carbonyl (C=O) groups is 2. The Morgan fingerprint density at radius 2 is 1.78 bits per heavy atom. The van der Waals surface area contributed by atoms with Gasteiger partial charge in [-0.2, -0.15) is 0 Å². The molecule has 0 atom stereocenters. The van der Waals surface area contributed by atoms with Crippen LogP contribution in [0, 0.1) is 6.92 Å². The standard InChI is InChI=1S/C20H17ClN4O2/c1-13-2-3-16(11-17(13)21)25-20(27)18-10-15(6-9-23-18)19(26)24-12-14-4-7-22-8-5-14/h2-11H,12H2,1H3,(H,24,26)(H,25,27). The first kappa shape index (κ1) is 18.5. The van der Waals surface area contributed by atoms with E-state index in [2.05, 4.69) is 20.6 Å². The first-order valence-electron chi connectivity index (χ1n) is 8.23. The third-order valence-electron chi connectivity index (χ3n) is 3.89. The van der Waals surface area contributed by atoms with Crippen LogP contribution < -0.4 is 10.6 Å². The lowest BCUT2D eigenvalue weighted by molar-refractivity contribution is 0.0950. The molecule has 3 rings (SSSR count). The number of rotatable bonds is 5. The number of pyridine rings is 2. The largest absolute Gasteiger partial charge is 0.348 e. The number of benzene rings is 1. The van der Waals surface area contributed by atoms with Crippen molar-refractivity contribution in [1.29, 1.82) is 0 Å². The number of nitrogens with one attached hydrogen (secondary N) is 2. The predicted molar refractivity (Wildman–Crippen MR) is 104 cm³/mol. The van der Waals surface area contributed by atoms with Crippen LogP contribution >= 0.6 is 11.6 Å². The summed E-state index contributed by atoms with van der Waals surface area (Å²) in [5.74, 6) is -0.708. The van der Waals surface area contributed by atoms with E-state index in [-0.39, 0.29) is 11.6 Å². The summed E-state index contributed by atoms with van der Waals surface area (Å²) in [6, 6.07) is 11.9. The Bertz CT molecular complexity index is 977. The molecule has 3 aromatic rings. The molecular weight excluding hydrogens is 364 g/mol. The zero-order valence-corrected chi connectivity index (χ0v) is 15.3. The molecular formula is C20H17ClN4O2. The number of aryl methyl sites for hydroxylation is 1. The number of aromatic nitrogens is 2. The Hall–Kier alpha value is -3.25. The van der Waals surface area contributed by atoms with Crippen molar-refractivity contribution in [3.63, 3.8) is 0 Å². The lowest BCUT2D eigenvalue weighted by Crippen LogP contribution is -2.23. The summed E-state index contributed by atoms with van der Waals surface area (Å²) in [6.07, 6.45) is 4.75. The van der Waals surface area contributed by atoms with Gasteiger partial charge in [-0.25, -0.2) is 0 Å². The molecule has 0 aliphatic heterocycles. The fraction of sp³-hybridized carbons (Fsp3) is 0.100. The third kappa shape index (κ3) is 4.89. The Kier molecular flexibility index (Phi) is 5.78. The van der Waals surface area contributed by atoms with Crippen LogP contribution in [0.3, 0.4) is 0 Å². The molecule has 0 bridgehead atoms. The second-order valence-corrected chi connectivity index (χ2v) is 6.29. The fourth-order valence-electron chi connectivity index (χ4n) is 2.35. The van der Waals surface area contributed by atoms with E-state index in [1.807, 2.05) is 25.1 Å². The topological polar surface area (TPSA) is 84.0 Å². The van der Waals surface area contributed by atoms with E-state index < -0.39 is 5.91 Å². The van der Waals surface area contributed by atoms with E-state index in [9.17, 15) is 9.59 Å². The van der Waals surface area contributed by atoms with Gasteiger partial charge in [0.15, 0.2) is 0 Å². The van der Waals surface area contributed by atoms with Gasteiger partial charge < -0.3 is 10.6 Å². The average Bonchev–Trinajstić information content (AvgIpc) is 2.70. The number of carbonyl (C=O) groups excluding carboxylic acids is 2. The van der Waals surface area contributed by atoms with Crippen molar-refractivity contribution in [2.24, 2.45) is 0 Å². The highest BCUT2D eigenvalue weighted by Gasteiger charge is 2.12. The Labute approximate surface area is 161 Å². The molecule has 6 nitrogen and oxygen atoms in total. The van der Waals surface area contributed by atoms with Gasteiger partial charge in [0, 0.05) is 41.4 Å². The molecule has 0 saturated carbocycles. The summed E-state index contributed by atoms with van der Waals surface area (Å²) in [5.41, 5.74) is 2.90. The van der Waals surface area contributed by atoms with E-state index in [1.54, 1.807) is 30.6 Å². The maximum absolute atomic E-state index is 12.4. The molecule has 27 heavy (non-hydrogen) atoms. The van der Waals surface area contributed by atoms with Crippen molar-refractivity contribution >= 4 is 29.1 Å². The van der Waals surface area contributed by atoms with Gasteiger partial charge in [-0.3, -0.25) is 19.6 Å². The second-order valence-electron chi connectivity index (χ2n) is 5.89. The molecule has 2 heterocycles. The molecule has 0 aliphatic carbocycles. The molecule has 0 fully saturated rings. The molecule has 2 amide bonds. The van der Waals surface area contributed by atoms with Crippen LogP contribution in [0.15, 0.2) is 61.1 Å². The van der Waals surface area contributed by atoms with Crippen LogP contribution in [0.25, 0.3) is 0 Å². The number of hydrogen-bond donors (Lipinski definition) is 2. The van der Waals surface area contributed by atoms with Gasteiger partial charge in [0.05, 0.1) is 0 Å². The quantitative estimate of drug-likeness (QED) is 0.708. The molecule has 7 heteroatoms. The van der Waals surface area contributed by atoms with Gasteiger partial charge >= 0.3 is 0 Å². The molecule has 0 radical (unpaired) electrons. The zero-order chi connectivity index (χ0) is 19.2. The van der Waals surface area contributed by atoms with Crippen molar-refractivity contribution in [2.45, 2.75) is 13.5 Å². The lowest BCUT2D eigenvalue weighted by Gasteiger charge is -2.08. The summed E-state index contributed by atoms with van der Waals surface area (Å²) in [5, 5.41) is 6.09. The van der Waals surface area contributed by atoms with Crippen molar-refractivity contribution in [1.82, 2.24) is 15.3 Å². The van der Waals surface area contributed by atoms with E-state index in [4.69, 9.17) is 11.6 Å². The summed E-state index contributed by atoms with van der Waals surface area (Å²) >= 11 is 6.07. The smallest absolute Gasteiger partial charge is 0.274 e. The molecule has 136 valence electrons. The van der Waals surface area contributed by atoms with E-state index >= 15 is 0 Å². The van der Waals surface area contributed by atoms with E-state index in [0.29, 0.717) is 22.8 Å². The maximum Gasteiger partial charge on any atom is 0.274 e. The number of amides is 2. The zero-order valence-electron chi connectivity index (χ0n) is 14.6. The maximum atomic E-state index is 12.4. The van der Waals surface area contributed by atoms with Gasteiger partial charge in [0.25, 0.3) is 11.8 Å². The van der Waals surface area contributed by atoms with Crippen LogP contribution in [0.1, 0.15) is 32.0 Å². The monoisotopic (exact) mass is 380 g/mol. The van der Waals surface area contributed by atoms with Gasteiger partial charge in [-0.15, -0.1) is 0 Å². The summed E-state index contributed by atoms with van der Waals surface area (Å²) in [7, 11) is 0. The van der Waals surface area contributed by atoms with Gasteiger partial charge in [0.2, 0.25) is 0 Å². The predicted octanol–water partition coefficient (Wildman–Crippen LogP) is 3.62. The van der Waals surface area contributed by atoms with Gasteiger partial charge in [-0.1, -0.05) is 17.7 Å². The van der Waals surface area contributed by atoms with Crippen molar-refractivity contribution in [2.75, 3.05) is 5.32 Å². The van der Waals surface area contributed by atoms with Crippen molar-refractivity contribution in [3.8, 4) is 0 Å². The first-order valence-corrected chi connectivity index (χ1v) is 8.61. The minimum atomic E-state index is -0.418. The average molecular weight is 381 g/mol. The molecule has 1 aromatic carbocycles. The Balaban J connectivity index is 1.67. The highest BCUT2D eigenvalue weighted by molar-refractivity contribution is 6.31. The SMILES string of the molecule is Cc1ccc(NC(=O)c2cc(C(=O)NCc3ccncc3)ccn2)cc1Cl. The minimum absolute atomic E-state index is 0.142. The molecule has 2 N–H and O–H groups in total. The van der Waals surface area contributed by atoms with Gasteiger partial charge in [0.1, 0.15) is 5.69 Å². The lowest BCUT2D eigenvalue weighted by atomic mass is 10.2. The van der Waals surface area contributed by atoms with Crippen LogP contribution in [-0.4, -0.2) is 21.8 Å². The van der Waals surface area contributed by atoms with E-state index in [1.165, 1.54) is 12.3 Å². The third-order valence-corrected chi connectivity index (χ3v) is 4.29. The first-order chi connectivity index (χ1) is 13.0. The van der Waals surface area contributed by atoms with Crippen LogP contribution in [0.5, 0.6) is 0 Å². The van der Waals surface area contributed by atoms with E-state index in [0.717, 1.165) is 11.1 Å². The fourth-order valence-corrected chi connectivity index (χ4v) is 2.53. The molecule has 0 saturated heterocycles. The minimum Gasteiger partial charge on any atom is -0.348 e. The molecule has 0 spiro atoms. The second kappa shape index (κ2) is 8.42. The molecule has 0 unspecified atom stereocenters. The highest BCUT2D eigenvalue weighted by atomic mass is 35.5. The summed E-state index contributed by atoms with van der Waals surface area (Å²) in [6.45, 7) is 2.25. The number of nitrogens with zero attached hydrogens (tertiary/aromatic N) is 2. The Morgan fingerprint density at radius 1 is 1.00 bits per heavy atom. The van der Waals surface area contributed by atoms with Crippen LogP contribution in [0.4, 0.5) is 5.69 Å². The number of anilines is 1. The molecule has 0 aliphatic rings. The number of halogens is 1. The van der Waals surface area contributed by atoms with Crippen molar-refractivity contribution < 1.29 is 9.59 Å². The van der Waals surface area contributed by atoms with Gasteiger partial charge in [-0.05, 0) is 54.4 Å². The normalized spacial score (nSPS) is 10.3. The number of hydrogen-bond acceptors (Lipinski definition) is 4. The van der Waals surface area contributed by atoms with Crippen molar-refractivity contribution in [3.05, 3.63) is 88.5 Å². The molecule has 2 aromatic heterocycles.